The molecule has 0 fully saturated rings. The largest absolute Gasteiger partial charge is 0.493 e. The molecule has 1 N–H and O–H groups in total. The van der Waals surface area contributed by atoms with Gasteiger partial charge in [-0.3, -0.25) is 9.36 Å². The van der Waals surface area contributed by atoms with Crippen LogP contribution in [0.5, 0.6) is 5.75 Å². The SMILES string of the molecule is C=CCn1c(SCC(=O)Nc2cccc(C)c2)nnc1-c1cc2cccc(OC)c2o1. The Morgan fingerprint density at radius 3 is 2.87 bits per heavy atom. The minimum absolute atomic E-state index is 0.112. The van der Waals surface area contributed by atoms with E-state index in [4.69, 9.17) is 9.15 Å². The molecular weight excluding hydrogens is 412 g/mol. The molecule has 2 heterocycles. The number of hydrogen-bond acceptors (Lipinski definition) is 6. The van der Waals surface area contributed by atoms with Crippen LogP contribution in [-0.4, -0.2) is 33.5 Å². The van der Waals surface area contributed by atoms with E-state index in [2.05, 4.69) is 22.1 Å². The van der Waals surface area contributed by atoms with Gasteiger partial charge in [-0.05, 0) is 36.8 Å². The first-order chi connectivity index (χ1) is 15.1. The second-order valence-corrected chi connectivity index (χ2v) is 7.84. The normalized spacial score (nSPS) is 10.9. The number of anilines is 1. The van der Waals surface area contributed by atoms with Crippen molar-refractivity contribution in [2.45, 2.75) is 18.6 Å². The number of hydrogen-bond donors (Lipinski definition) is 1. The Morgan fingerprint density at radius 2 is 2.10 bits per heavy atom. The van der Waals surface area contributed by atoms with Gasteiger partial charge < -0.3 is 14.5 Å². The molecule has 0 bridgehead atoms. The van der Waals surface area contributed by atoms with E-state index >= 15 is 0 Å². The fraction of sp³-hybridized carbons (Fsp3) is 0.174. The lowest BCUT2D eigenvalue weighted by molar-refractivity contribution is -0.113. The molecule has 0 saturated carbocycles. The fourth-order valence-corrected chi connectivity index (χ4v) is 3.98. The number of ether oxygens (including phenoxy) is 1. The number of para-hydroxylation sites is 1. The molecule has 0 aliphatic carbocycles. The van der Waals surface area contributed by atoms with Gasteiger partial charge in [-0.1, -0.05) is 42.1 Å². The molecule has 2 aromatic heterocycles. The Hall–Kier alpha value is -3.52. The van der Waals surface area contributed by atoms with Crippen LogP contribution in [0.2, 0.25) is 0 Å². The Bertz CT molecular complexity index is 1240. The third kappa shape index (κ3) is 4.49. The van der Waals surface area contributed by atoms with Crippen LogP contribution < -0.4 is 10.1 Å². The van der Waals surface area contributed by atoms with Crippen molar-refractivity contribution in [3.63, 3.8) is 0 Å². The third-order valence-electron chi connectivity index (χ3n) is 4.61. The summed E-state index contributed by atoms with van der Waals surface area (Å²) in [5.41, 5.74) is 2.51. The lowest BCUT2D eigenvalue weighted by Crippen LogP contribution is -2.14. The maximum atomic E-state index is 12.4. The quantitative estimate of drug-likeness (QED) is 0.313. The predicted octanol–water partition coefficient (Wildman–Crippen LogP) is 4.93. The molecule has 2 aromatic carbocycles. The van der Waals surface area contributed by atoms with Crippen molar-refractivity contribution in [3.05, 3.63) is 66.7 Å². The van der Waals surface area contributed by atoms with Crippen LogP contribution in [0.3, 0.4) is 0 Å². The number of fused-ring (bicyclic) bond motifs is 1. The number of amides is 1. The maximum absolute atomic E-state index is 12.4. The second-order valence-electron chi connectivity index (χ2n) is 6.90. The summed E-state index contributed by atoms with van der Waals surface area (Å²) in [4.78, 5) is 12.4. The summed E-state index contributed by atoms with van der Waals surface area (Å²) in [5.74, 6) is 1.89. The van der Waals surface area contributed by atoms with Crippen LogP contribution in [0.15, 0.2) is 70.8 Å². The number of methoxy groups -OCH3 is 1. The molecule has 4 rings (SSSR count). The van der Waals surface area contributed by atoms with Gasteiger partial charge in [-0.15, -0.1) is 16.8 Å². The van der Waals surface area contributed by atoms with E-state index in [1.807, 2.05) is 60.0 Å². The predicted molar refractivity (Wildman–Crippen MR) is 123 cm³/mol. The van der Waals surface area contributed by atoms with Crippen LogP contribution >= 0.6 is 11.8 Å². The van der Waals surface area contributed by atoms with Gasteiger partial charge in [0, 0.05) is 17.6 Å². The van der Waals surface area contributed by atoms with E-state index in [0.717, 1.165) is 16.6 Å². The van der Waals surface area contributed by atoms with Gasteiger partial charge in [0.1, 0.15) is 0 Å². The topological polar surface area (TPSA) is 82.2 Å². The highest BCUT2D eigenvalue weighted by Crippen LogP contribution is 2.33. The van der Waals surface area contributed by atoms with E-state index in [1.165, 1.54) is 11.8 Å². The van der Waals surface area contributed by atoms with Crippen molar-refractivity contribution in [2.75, 3.05) is 18.2 Å². The molecule has 0 spiro atoms. The summed E-state index contributed by atoms with van der Waals surface area (Å²) in [6, 6.07) is 15.3. The summed E-state index contributed by atoms with van der Waals surface area (Å²) in [5, 5.41) is 13.0. The van der Waals surface area contributed by atoms with Crippen LogP contribution in [0.1, 0.15) is 5.56 Å². The van der Waals surface area contributed by atoms with E-state index in [1.54, 1.807) is 13.2 Å². The van der Waals surface area contributed by atoms with Crippen molar-refractivity contribution in [2.24, 2.45) is 0 Å². The molecule has 0 saturated heterocycles. The number of nitrogens with one attached hydrogen (secondary N) is 1. The highest BCUT2D eigenvalue weighted by atomic mass is 32.2. The number of furan rings is 1. The zero-order chi connectivity index (χ0) is 21.8. The number of allylic oxidation sites excluding steroid dienone is 1. The number of nitrogens with zero attached hydrogens (tertiary/aromatic N) is 3. The van der Waals surface area contributed by atoms with Gasteiger partial charge in [-0.25, -0.2) is 0 Å². The van der Waals surface area contributed by atoms with Crippen molar-refractivity contribution in [3.8, 4) is 17.3 Å². The molecule has 4 aromatic rings. The highest BCUT2D eigenvalue weighted by molar-refractivity contribution is 7.99. The van der Waals surface area contributed by atoms with Crippen molar-refractivity contribution < 1.29 is 13.9 Å². The molecule has 7 nitrogen and oxygen atoms in total. The Kier molecular flexibility index (Phi) is 6.08. The molecule has 31 heavy (non-hydrogen) atoms. The van der Waals surface area contributed by atoms with Crippen molar-refractivity contribution in [1.29, 1.82) is 0 Å². The summed E-state index contributed by atoms with van der Waals surface area (Å²) in [7, 11) is 1.60. The van der Waals surface area contributed by atoms with E-state index in [-0.39, 0.29) is 11.7 Å². The molecular formula is C23H22N4O3S. The van der Waals surface area contributed by atoms with E-state index < -0.39 is 0 Å². The molecule has 0 radical (unpaired) electrons. The van der Waals surface area contributed by atoms with Gasteiger partial charge in [-0.2, -0.15) is 0 Å². The van der Waals surface area contributed by atoms with E-state index in [0.29, 0.717) is 34.6 Å². The van der Waals surface area contributed by atoms with Crippen molar-refractivity contribution >= 4 is 34.3 Å². The summed E-state index contributed by atoms with van der Waals surface area (Å²) < 4.78 is 13.3. The van der Waals surface area contributed by atoms with Gasteiger partial charge in [0.05, 0.1) is 12.9 Å². The third-order valence-corrected chi connectivity index (χ3v) is 5.58. The average Bonchev–Trinajstić information content (AvgIpc) is 3.36. The first kappa shape index (κ1) is 20.7. The smallest absolute Gasteiger partial charge is 0.234 e. The number of benzene rings is 2. The summed E-state index contributed by atoms with van der Waals surface area (Å²) >= 11 is 1.31. The lowest BCUT2D eigenvalue weighted by Gasteiger charge is -2.07. The van der Waals surface area contributed by atoms with Crippen LogP contribution in [0.25, 0.3) is 22.6 Å². The number of aryl methyl sites for hydroxylation is 1. The number of rotatable bonds is 8. The number of aromatic nitrogens is 3. The summed E-state index contributed by atoms with van der Waals surface area (Å²) in [6.07, 6.45) is 1.76. The number of thioether (sulfide) groups is 1. The van der Waals surface area contributed by atoms with Crippen LogP contribution in [0.4, 0.5) is 5.69 Å². The number of carbonyl (C=O) groups is 1. The average molecular weight is 435 g/mol. The van der Waals surface area contributed by atoms with Gasteiger partial charge in [0.25, 0.3) is 0 Å². The Labute approximate surface area is 184 Å². The monoisotopic (exact) mass is 434 g/mol. The van der Waals surface area contributed by atoms with E-state index in [9.17, 15) is 4.79 Å². The lowest BCUT2D eigenvalue weighted by atomic mass is 10.2. The Morgan fingerprint density at radius 1 is 1.26 bits per heavy atom. The van der Waals surface area contributed by atoms with Gasteiger partial charge in [0.2, 0.25) is 11.7 Å². The first-order valence-corrected chi connectivity index (χ1v) is 10.7. The van der Waals surface area contributed by atoms with Crippen LogP contribution in [-0.2, 0) is 11.3 Å². The number of carbonyl (C=O) groups excluding carboxylic acids is 1. The van der Waals surface area contributed by atoms with Crippen LogP contribution in [0, 0.1) is 6.92 Å². The zero-order valence-electron chi connectivity index (χ0n) is 17.3. The Balaban J connectivity index is 1.55. The molecule has 0 atom stereocenters. The fourth-order valence-electron chi connectivity index (χ4n) is 3.23. The first-order valence-electron chi connectivity index (χ1n) is 9.69. The standard InChI is InChI=1S/C23H22N4O3S/c1-4-11-27-22(19-13-16-8-6-10-18(29-3)21(16)30-19)25-26-23(27)31-14-20(28)24-17-9-5-7-15(2)12-17/h4-10,12-13H,1,11,14H2,2-3H3,(H,24,28). The zero-order valence-corrected chi connectivity index (χ0v) is 18.1. The minimum atomic E-state index is -0.112. The molecule has 8 heteroatoms. The molecule has 0 aliphatic rings. The molecule has 0 unspecified atom stereocenters. The molecule has 158 valence electrons. The molecule has 0 aliphatic heterocycles. The van der Waals surface area contributed by atoms with Gasteiger partial charge >= 0.3 is 0 Å². The van der Waals surface area contributed by atoms with Gasteiger partial charge in [0.15, 0.2) is 22.2 Å². The minimum Gasteiger partial charge on any atom is -0.493 e. The van der Waals surface area contributed by atoms with Crippen molar-refractivity contribution in [1.82, 2.24) is 14.8 Å². The second kappa shape index (κ2) is 9.09. The highest BCUT2D eigenvalue weighted by Gasteiger charge is 2.19. The molecule has 1 amide bonds. The summed E-state index contributed by atoms with van der Waals surface area (Å²) in [6.45, 7) is 6.29. The maximum Gasteiger partial charge on any atom is 0.234 e.